The number of ether oxygens (including phenoxy) is 1. The van der Waals surface area contributed by atoms with Crippen molar-refractivity contribution in [2.45, 2.75) is 33.1 Å². The number of benzene rings is 1. The van der Waals surface area contributed by atoms with Crippen molar-refractivity contribution in [1.82, 2.24) is 0 Å². The normalized spacial score (nSPS) is 9.07. The average Bonchev–Trinajstić information content (AvgIpc) is 2.28. The van der Waals surface area contributed by atoms with Gasteiger partial charge >= 0.3 is 0 Å². The molecule has 1 aromatic rings. The SMILES string of the molecule is CCCCOC.CCc1ccccc1. The van der Waals surface area contributed by atoms with Crippen LogP contribution in [-0.4, -0.2) is 13.7 Å². The Labute approximate surface area is 88.1 Å². The first kappa shape index (κ1) is 13.2. The molecule has 0 aliphatic rings. The molecule has 1 heteroatoms. The van der Waals surface area contributed by atoms with Crippen molar-refractivity contribution in [2.24, 2.45) is 0 Å². The predicted octanol–water partition coefficient (Wildman–Crippen LogP) is 3.68. The maximum absolute atomic E-state index is 4.78. The van der Waals surface area contributed by atoms with Crippen LogP contribution in [-0.2, 0) is 11.2 Å². The van der Waals surface area contributed by atoms with Gasteiger partial charge in [-0.15, -0.1) is 0 Å². The van der Waals surface area contributed by atoms with E-state index in [2.05, 4.69) is 38.1 Å². The van der Waals surface area contributed by atoms with Crippen molar-refractivity contribution in [3.63, 3.8) is 0 Å². The van der Waals surface area contributed by atoms with Crippen molar-refractivity contribution in [2.75, 3.05) is 13.7 Å². The molecule has 80 valence electrons. The van der Waals surface area contributed by atoms with Gasteiger partial charge in [-0.05, 0) is 18.4 Å². The Hall–Kier alpha value is -0.820. The van der Waals surface area contributed by atoms with Crippen LogP contribution in [0.25, 0.3) is 0 Å². The molecule has 0 unspecified atom stereocenters. The number of methoxy groups -OCH3 is 1. The summed E-state index contributed by atoms with van der Waals surface area (Å²) in [6, 6.07) is 10.5. The molecule has 0 atom stereocenters. The molecule has 0 aliphatic carbocycles. The van der Waals surface area contributed by atoms with Crippen molar-refractivity contribution in [1.29, 1.82) is 0 Å². The van der Waals surface area contributed by atoms with Gasteiger partial charge in [0.15, 0.2) is 0 Å². The second kappa shape index (κ2) is 10.3. The molecule has 0 heterocycles. The highest BCUT2D eigenvalue weighted by Gasteiger charge is 1.80. The predicted molar refractivity (Wildman–Crippen MR) is 62.6 cm³/mol. The minimum atomic E-state index is 0.913. The molecule has 0 fully saturated rings. The lowest BCUT2D eigenvalue weighted by Gasteiger charge is -1.89. The summed E-state index contributed by atoms with van der Waals surface area (Å²) in [6.45, 7) is 5.23. The maximum atomic E-state index is 4.78. The zero-order chi connectivity index (χ0) is 10.6. The maximum Gasteiger partial charge on any atom is 0.0462 e. The third kappa shape index (κ3) is 7.81. The van der Waals surface area contributed by atoms with Gasteiger partial charge in [-0.1, -0.05) is 50.6 Å². The topological polar surface area (TPSA) is 9.23 Å². The zero-order valence-electron chi connectivity index (χ0n) is 9.62. The summed E-state index contributed by atoms with van der Waals surface area (Å²) in [4.78, 5) is 0. The van der Waals surface area contributed by atoms with E-state index in [1.54, 1.807) is 7.11 Å². The highest BCUT2D eigenvalue weighted by atomic mass is 16.5. The minimum Gasteiger partial charge on any atom is -0.385 e. The fraction of sp³-hybridized carbons (Fsp3) is 0.538. The Balaban J connectivity index is 0.000000255. The van der Waals surface area contributed by atoms with Crippen molar-refractivity contribution >= 4 is 0 Å². The van der Waals surface area contributed by atoms with Gasteiger partial charge in [0.05, 0.1) is 0 Å². The smallest absolute Gasteiger partial charge is 0.0462 e. The first-order chi connectivity index (χ1) is 6.85. The van der Waals surface area contributed by atoms with Crippen LogP contribution in [0, 0.1) is 0 Å². The fourth-order valence-corrected chi connectivity index (χ4v) is 1.00. The van der Waals surface area contributed by atoms with E-state index in [4.69, 9.17) is 4.74 Å². The van der Waals surface area contributed by atoms with Crippen LogP contribution in [0.15, 0.2) is 30.3 Å². The Morgan fingerprint density at radius 3 is 2.00 bits per heavy atom. The van der Waals surface area contributed by atoms with Gasteiger partial charge in [-0.25, -0.2) is 0 Å². The molecule has 0 spiro atoms. The quantitative estimate of drug-likeness (QED) is 0.664. The summed E-state index contributed by atoms with van der Waals surface area (Å²) in [5, 5.41) is 0. The van der Waals surface area contributed by atoms with Crippen LogP contribution in [0.4, 0.5) is 0 Å². The third-order valence-electron chi connectivity index (χ3n) is 1.95. The standard InChI is InChI=1S/C8H10.C5H12O/c1-2-8-6-4-3-5-7-8;1-3-4-5-6-2/h3-7H,2H2,1H3;3-5H2,1-2H3. The lowest BCUT2D eigenvalue weighted by atomic mass is 10.2. The van der Waals surface area contributed by atoms with Gasteiger partial charge in [0, 0.05) is 13.7 Å². The summed E-state index contributed by atoms with van der Waals surface area (Å²) in [5.74, 6) is 0. The Morgan fingerprint density at radius 2 is 1.71 bits per heavy atom. The molecule has 0 radical (unpaired) electrons. The Kier molecular flexibility index (Phi) is 9.66. The second-order valence-corrected chi connectivity index (χ2v) is 3.19. The van der Waals surface area contributed by atoms with Gasteiger partial charge in [0.2, 0.25) is 0 Å². The van der Waals surface area contributed by atoms with E-state index in [0.29, 0.717) is 0 Å². The molecule has 0 N–H and O–H groups in total. The largest absolute Gasteiger partial charge is 0.385 e. The summed E-state index contributed by atoms with van der Waals surface area (Å²) in [7, 11) is 1.73. The first-order valence-electron chi connectivity index (χ1n) is 5.38. The molecule has 0 amide bonds. The molecule has 0 aliphatic heterocycles. The molecule has 0 saturated heterocycles. The number of unbranched alkanes of at least 4 members (excludes halogenated alkanes) is 1. The second-order valence-electron chi connectivity index (χ2n) is 3.19. The van der Waals surface area contributed by atoms with E-state index in [0.717, 1.165) is 13.0 Å². The zero-order valence-corrected chi connectivity index (χ0v) is 9.62. The third-order valence-corrected chi connectivity index (χ3v) is 1.95. The van der Waals surface area contributed by atoms with Crippen molar-refractivity contribution in [3.8, 4) is 0 Å². The molecule has 0 saturated carbocycles. The van der Waals surface area contributed by atoms with Gasteiger partial charge < -0.3 is 4.74 Å². The van der Waals surface area contributed by atoms with Crippen molar-refractivity contribution in [3.05, 3.63) is 35.9 Å². The molecule has 1 aromatic carbocycles. The molecule has 1 nitrogen and oxygen atoms in total. The van der Waals surface area contributed by atoms with E-state index in [9.17, 15) is 0 Å². The number of rotatable bonds is 4. The van der Waals surface area contributed by atoms with E-state index in [1.807, 2.05) is 6.07 Å². The van der Waals surface area contributed by atoms with Gasteiger partial charge in [-0.2, -0.15) is 0 Å². The molecule has 1 rings (SSSR count). The van der Waals surface area contributed by atoms with Gasteiger partial charge in [0.1, 0.15) is 0 Å². The molecule has 0 aromatic heterocycles. The highest BCUT2D eigenvalue weighted by molar-refractivity contribution is 5.13. The Morgan fingerprint density at radius 1 is 1.07 bits per heavy atom. The lowest BCUT2D eigenvalue weighted by Crippen LogP contribution is -1.84. The summed E-state index contributed by atoms with van der Waals surface area (Å²) in [5.41, 5.74) is 1.41. The van der Waals surface area contributed by atoms with Crippen LogP contribution in [0.2, 0.25) is 0 Å². The highest BCUT2D eigenvalue weighted by Crippen LogP contribution is 1.96. The number of hydrogen-bond donors (Lipinski definition) is 0. The average molecular weight is 194 g/mol. The summed E-state index contributed by atoms with van der Waals surface area (Å²) < 4.78 is 4.78. The van der Waals surface area contributed by atoms with E-state index in [1.165, 1.54) is 18.4 Å². The molecular formula is C13H22O. The summed E-state index contributed by atoms with van der Waals surface area (Å²) >= 11 is 0. The summed E-state index contributed by atoms with van der Waals surface area (Å²) in [6.07, 6.45) is 3.56. The van der Waals surface area contributed by atoms with E-state index < -0.39 is 0 Å². The van der Waals surface area contributed by atoms with E-state index in [-0.39, 0.29) is 0 Å². The van der Waals surface area contributed by atoms with Gasteiger partial charge in [0.25, 0.3) is 0 Å². The molecular weight excluding hydrogens is 172 g/mol. The molecule has 0 bridgehead atoms. The van der Waals surface area contributed by atoms with Crippen LogP contribution >= 0.6 is 0 Å². The minimum absolute atomic E-state index is 0.913. The monoisotopic (exact) mass is 194 g/mol. The van der Waals surface area contributed by atoms with Crippen LogP contribution in [0.5, 0.6) is 0 Å². The Bertz CT molecular complexity index is 190. The number of hydrogen-bond acceptors (Lipinski definition) is 1. The van der Waals surface area contributed by atoms with Crippen molar-refractivity contribution < 1.29 is 4.74 Å². The first-order valence-corrected chi connectivity index (χ1v) is 5.38. The van der Waals surface area contributed by atoms with Crippen LogP contribution in [0.1, 0.15) is 32.3 Å². The lowest BCUT2D eigenvalue weighted by molar-refractivity contribution is 0.194. The fourth-order valence-electron chi connectivity index (χ4n) is 1.00. The van der Waals surface area contributed by atoms with Crippen LogP contribution < -0.4 is 0 Å². The van der Waals surface area contributed by atoms with Crippen LogP contribution in [0.3, 0.4) is 0 Å². The van der Waals surface area contributed by atoms with E-state index >= 15 is 0 Å². The number of aryl methyl sites for hydroxylation is 1. The van der Waals surface area contributed by atoms with Gasteiger partial charge in [-0.3, -0.25) is 0 Å². The molecule has 14 heavy (non-hydrogen) atoms.